The van der Waals surface area contributed by atoms with Gasteiger partial charge in [-0.05, 0) is 12.1 Å². The van der Waals surface area contributed by atoms with E-state index in [-0.39, 0.29) is 0 Å². The van der Waals surface area contributed by atoms with Gasteiger partial charge in [-0.1, -0.05) is 12.1 Å². The summed E-state index contributed by atoms with van der Waals surface area (Å²) in [6.07, 6.45) is 4.39. The molecular weight excluding hydrogens is 192 g/mol. The molecule has 0 N–H and O–H groups in total. The van der Waals surface area contributed by atoms with Crippen LogP contribution in [0, 0.1) is 0 Å². The second-order valence-electron chi connectivity index (χ2n) is 3.14. The largest absolute Gasteiger partial charge is 0.445 e. The lowest BCUT2D eigenvalue weighted by atomic mass is 10.3. The van der Waals surface area contributed by atoms with Crippen molar-refractivity contribution in [2.75, 3.05) is 0 Å². The van der Waals surface area contributed by atoms with E-state index in [1.165, 1.54) is 0 Å². The Bertz CT molecular complexity index is 448. The molecule has 2 heterocycles. The number of para-hydroxylation sites is 2. The van der Waals surface area contributed by atoms with Gasteiger partial charge in [0.05, 0.1) is 6.20 Å². The summed E-state index contributed by atoms with van der Waals surface area (Å²) in [5.74, 6) is 1.49. The van der Waals surface area contributed by atoms with E-state index >= 15 is 0 Å². The Morgan fingerprint density at radius 2 is 1.73 bits per heavy atom. The molecule has 0 unspecified atom stereocenters. The summed E-state index contributed by atoms with van der Waals surface area (Å²) < 4.78 is 11.1. The number of hydrogen-bond acceptors (Lipinski definition) is 4. The zero-order valence-electron chi connectivity index (χ0n) is 7.83. The summed E-state index contributed by atoms with van der Waals surface area (Å²) in [5.41, 5.74) is 0.675. The summed E-state index contributed by atoms with van der Waals surface area (Å²) in [6.45, 7) is 0. The van der Waals surface area contributed by atoms with Crippen molar-refractivity contribution in [3.8, 4) is 11.5 Å². The molecule has 0 saturated carbocycles. The first-order valence-corrected chi connectivity index (χ1v) is 4.62. The molecule has 0 aliphatic carbocycles. The zero-order chi connectivity index (χ0) is 10.1. The molecule has 0 fully saturated rings. The van der Waals surface area contributed by atoms with E-state index in [1.807, 2.05) is 24.3 Å². The van der Waals surface area contributed by atoms with Gasteiger partial charge >= 0.3 is 0 Å². The van der Waals surface area contributed by atoms with Crippen LogP contribution in [0.15, 0.2) is 42.9 Å². The Kier molecular flexibility index (Phi) is 1.78. The van der Waals surface area contributed by atoms with Gasteiger partial charge in [0.15, 0.2) is 11.5 Å². The Morgan fingerprint density at radius 3 is 2.33 bits per heavy atom. The van der Waals surface area contributed by atoms with Gasteiger partial charge in [-0.25, -0.2) is 0 Å². The van der Waals surface area contributed by atoms with Crippen LogP contribution in [0.4, 0.5) is 0 Å². The third-order valence-corrected chi connectivity index (χ3v) is 2.14. The SMILES string of the molecule is c1ccc2c(c1)OC(c1cnccn1)O2. The molecule has 2 aromatic rings. The van der Waals surface area contributed by atoms with Crippen molar-refractivity contribution in [1.82, 2.24) is 9.97 Å². The van der Waals surface area contributed by atoms with E-state index in [2.05, 4.69) is 9.97 Å². The normalized spacial score (nSPS) is 14.1. The molecule has 1 aliphatic heterocycles. The molecule has 74 valence electrons. The van der Waals surface area contributed by atoms with E-state index in [4.69, 9.17) is 9.47 Å². The Hall–Kier alpha value is -2.10. The summed E-state index contributed by atoms with van der Waals surface area (Å²) in [6, 6.07) is 7.54. The molecule has 4 nitrogen and oxygen atoms in total. The van der Waals surface area contributed by atoms with Gasteiger partial charge in [-0.2, -0.15) is 0 Å². The van der Waals surface area contributed by atoms with Gasteiger partial charge in [0.25, 0.3) is 6.29 Å². The number of rotatable bonds is 1. The number of fused-ring (bicyclic) bond motifs is 1. The minimum atomic E-state index is -0.476. The van der Waals surface area contributed by atoms with Crippen LogP contribution in [0.3, 0.4) is 0 Å². The molecule has 0 bridgehead atoms. The topological polar surface area (TPSA) is 44.2 Å². The minimum Gasteiger partial charge on any atom is -0.445 e. The van der Waals surface area contributed by atoms with E-state index in [9.17, 15) is 0 Å². The predicted octanol–water partition coefficient (Wildman–Crippen LogP) is 1.95. The van der Waals surface area contributed by atoms with Crippen molar-refractivity contribution in [3.63, 3.8) is 0 Å². The third kappa shape index (κ3) is 1.40. The standard InChI is InChI=1S/C11H8N2O2/c1-2-4-10-9(3-1)14-11(15-10)8-7-12-5-6-13-8/h1-7,11H. The maximum Gasteiger partial charge on any atom is 0.286 e. The highest BCUT2D eigenvalue weighted by molar-refractivity contribution is 5.42. The second kappa shape index (κ2) is 3.24. The van der Waals surface area contributed by atoms with Crippen LogP contribution in [-0.4, -0.2) is 9.97 Å². The number of ether oxygens (including phenoxy) is 2. The average Bonchev–Trinajstić information content (AvgIpc) is 2.74. The monoisotopic (exact) mass is 200 g/mol. The Labute approximate surface area is 86.5 Å². The smallest absolute Gasteiger partial charge is 0.286 e. The highest BCUT2D eigenvalue weighted by Crippen LogP contribution is 2.38. The molecule has 1 aromatic carbocycles. The fraction of sp³-hybridized carbons (Fsp3) is 0.0909. The van der Waals surface area contributed by atoms with Crippen LogP contribution >= 0.6 is 0 Å². The fourth-order valence-electron chi connectivity index (χ4n) is 1.45. The summed E-state index contributed by atoms with van der Waals surface area (Å²) in [4.78, 5) is 8.10. The molecule has 3 rings (SSSR count). The highest BCUT2D eigenvalue weighted by atomic mass is 16.7. The van der Waals surface area contributed by atoms with Crippen LogP contribution < -0.4 is 9.47 Å². The zero-order valence-corrected chi connectivity index (χ0v) is 7.83. The first-order valence-electron chi connectivity index (χ1n) is 4.62. The van der Waals surface area contributed by atoms with E-state index < -0.39 is 6.29 Å². The maximum atomic E-state index is 5.57. The van der Waals surface area contributed by atoms with E-state index in [0.29, 0.717) is 5.69 Å². The average molecular weight is 200 g/mol. The van der Waals surface area contributed by atoms with Crippen LogP contribution in [-0.2, 0) is 0 Å². The van der Waals surface area contributed by atoms with Gasteiger partial charge in [-0.15, -0.1) is 0 Å². The molecule has 1 aliphatic rings. The Balaban J connectivity index is 1.91. The molecule has 0 spiro atoms. The molecule has 0 saturated heterocycles. The molecular formula is C11H8N2O2. The number of aromatic nitrogens is 2. The Morgan fingerprint density at radius 1 is 1.00 bits per heavy atom. The summed E-state index contributed by atoms with van der Waals surface area (Å²) in [5, 5.41) is 0. The second-order valence-corrected chi connectivity index (χ2v) is 3.14. The van der Waals surface area contributed by atoms with Gasteiger partial charge < -0.3 is 9.47 Å². The van der Waals surface area contributed by atoms with Gasteiger partial charge in [0, 0.05) is 12.4 Å². The van der Waals surface area contributed by atoms with Gasteiger partial charge in [-0.3, -0.25) is 9.97 Å². The maximum absolute atomic E-state index is 5.57. The van der Waals surface area contributed by atoms with Crippen LogP contribution in [0.1, 0.15) is 12.0 Å². The highest BCUT2D eigenvalue weighted by Gasteiger charge is 2.26. The fourth-order valence-corrected chi connectivity index (χ4v) is 1.45. The lowest BCUT2D eigenvalue weighted by molar-refractivity contribution is 0.0444. The van der Waals surface area contributed by atoms with Crippen LogP contribution in [0.2, 0.25) is 0 Å². The number of benzene rings is 1. The van der Waals surface area contributed by atoms with Gasteiger partial charge in [0.2, 0.25) is 0 Å². The lowest BCUT2D eigenvalue weighted by Gasteiger charge is -2.07. The minimum absolute atomic E-state index is 0.476. The van der Waals surface area contributed by atoms with Crippen molar-refractivity contribution >= 4 is 0 Å². The molecule has 4 heteroatoms. The first kappa shape index (κ1) is 8.23. The van der Waals surface area contributed by atoms with Crippen molar-refractivity contribution in [3.05, 3.63) is 48.5 Å². The van der Waals surface area contributed by atoms with Crippen molar-refractivity contribution in [2.24, 2.45) is 0 Å². The third-order valence-electron chi connectivity index (χ3n) is 2.14. The van der Waals surface area contributed by atoms with Crippen molar-refractivity contribution in [1.29, 1.82) is 0 Å². The number of hydrogen-bond donors (Lipinski definition) is 0. The predicted molar refractivity (Wildman–Crippen MR) is 52.5 cm³/mol. The molecule has 0 atom stereocenters. The molecule has 0 radical (unpaired) electrons. The van der Waals surface area contributed by atoms with E-state index in [1.54, 1.807) is 18.6 Å². The number of nitrogens with zero attached hydrogens (tertiary/aromatic N) is 2. The van der Waals surface area contributed by atoms with Crippen LogP contribution in [0.5, 0.6) is 11.5 Å². The summed E-state index contributed by atoms with van der Waals surface area (Å²) >= 11 is 0. The first-order chi connectivity index (χ1) is 7.43. The van der Waals surface area contributed by atoms with E-state index in [0.717, 1.165) is 11.5 Å². The molecule has 0 amide bonds. The van der Waals surface area contributed by atoms with Gasteiger partial charge in [0.1, 0.15) is 5.69 Å². The van der Waals surface area contributed by atoms with Crippen molar-refractivity contribution < 1.29 is 9.47 Å². The lowest BCUT2D eigenvalue weighted by Crippen LogP contribution is -2.09. The molecule has 15 heavy (non-hydrogen) atoms. The summed E-state index contributed by atoms with van der Waals surface area (Å²) in [7, 11) is 0. The quantitative estimate of drug-likeness (QED) is 0.705. The van der Waals surface area contributed by atoms with Crippen LogP contribution in [0.25, 0.3) is 0 Å². The molecule has 1 aromatic heterocycles. The van der Waals surface area contributed by atoms with Crippen molar-refractivity contribution in [2.45, 2.75) is 6.29 Å².